The van der Waals surface area contributed by atoms with Gasteiger partial charge >= 0.3 is 0 Å². The van der Waals surface area contributed by atoms with Gasteiger partial charge in [-0.1, -0.05) is 109 Å². The minimum Gasteiger partial charge on any atom is -1.00 e. The van der Waals surface area contributed by atoms with Crippen LogP contribution >= 0.6 is 0 Å². The van der Waals surface area contributed by atoms with Gasteiger partial charge in [-0.05, 0) is 62.5 Å². The van der Waals surface area contributed by atoms with E-state index in [1.807, 2.05) is 0 Å². The van der Waals surface area contributed by atoms with Gasteiger partial charge in [0, 0.05) is 25.8 Å². The molecule has 0 heterocycles. The second-order valence-electron chi connectivity index (χ2n) is 13.2. The molecule has 2 aliphatic carbocycles. The Hall–Kier alpha value is -2.45. The molecule has 8 rings (SSSR count). The Kier molecular flexibility index (Phi) is 15.9. The van der Waals surface area contributed by atoms with E-state index < -0.39 is 0 Å². The molecule has 252 valence electrons. The van der Waals surface area contributed by atoms with Crippen LogP contribution in [0.5, 0.6) is 0 Å². The largest absolute Gasteiger partial charge is 1.00 e. The van der Waals surface area contributed by atoms with Crippen LogP contribution in [0.15, 0.2) is 109 Å². The van der Waals surface area contributed by atoms with Crippen LogP contribution in [-0.4, -0.2) is 0 Å². The molecule has 0 nitrogen and oxygen atoms in total. The van der Waals surface area contributed by atoms with E-state index in [-0.39, 0.29) is 50.7 Å². The Morgan fingerprint density at radius 2 is 0.875 bits per heavy atom. The van der Waals surface area contributed by atoms with Crippen LogP contribution in [0.3, 0.4) is 0 Å². The number of aryl methyl sites for hydroxylation is 2. The molecule has 0 radical (unpaired) electrons. The average Bonchev–Trinajstić information content (AvgIpc) is 3.88. The van der Waals surface area contributed by atoms with E-state index in [1.165, 1.54) is 106 Å². The van der Waals surface area contributed by atoms with Crippen molar-refractivity contribution in [3.8, 4) is 22.3 Å². The van der Waals surface area contributed by atoms with E-state index in [1.54, 1.807) is 11.1 Å². The van der Waals surface area contributed by atoms with Crippen molar-refractivity contribution in [1.82, 2.24) is 0 Å². The molecule has 0 amide bonds. The normalized spacial score (nSPS) is 14.2. The molecule has 0 atom stereocenters. The third kappa shape index (κ3) is 9.41. The predicted molar refractivity (Wildman–Crippen MR) is 197 cm³/mol. The number of halogens is 2. The summed E-state index contributed by atoms with van der Waals surface area (Å²) in [5, 5.41) is 5.64. The minimum atomic E-state index is 0. The molecule has 2 aliphatic rings. The van der Waals surface area contributed by atoms with Gasteiger partial charge in [-0.25, -0.2) is 0 Å². The number of hydrogen-bond donors (Lipinski definition) is 0. The Labute approximate surface area is 321 Å². The molecule has 6 aromatic rings. The van der Waals surface area contributed by atoms with Crippen LogP contribution < -0.4 is 24.8 Å². The van der Waals surface area contributed by atoms with Gasteiger partial charge < -0.3 is 45.1 Å². The van der Waals surface area contributed by atoms with Crippen molar-refractivity contribution < 1.29 is 50.7 Å². The Bertz CT molecular complexity index is 1680. The third-order valence-corrected chi connectivity index (χ3v) is 9.92. The van der Waals surface area contributed by atoms with Gasteiger partial charge in [-0.3, -0.25) is 0 Å². The van der Waals surface area contributed by atoms with E-state index in [2.05, 4.69) is 137 Å². The summed E-state index contributed by atoms with van der Waals surface area (Å²) in [7, 11) is 0. The summed E-state index contributed by atoms with van der Waals surface area (Å²) in [6.45, 7) is 11.0. The summed E-state index contributed by atoms with van der Waals surface area (Å²) in [5.74, 6) is 1.59. The summed E-state index contributed by atoms with van der Waals surface area (Å²) < 4.78 is 0. The van der Waals surface area contributed by atoms with E-state index in [0.717, 1.165) is 18.3 Å². The molecule has 0 unspecified atom stereocenters. The van der Waals surface area contributed by atoms with Crippen LogP contribution in [-0.2, 0) is 25.8 Å². The fraction of sp³-hybridized carbons (Fsp3) is 0.289. The van der Waals surface area contributed by atoms with Crippen molar-refractivity contribution in [1.29, 1.82) is 0 Å². The number of benzene rings is 4. The molecule has 0 spiro atoms. The van der Waals surface area contributed by atoms with Crippen molar-refractivity contribution in [3.63, 3.8) is 0 Å². The first kappa shape index (κ1) is 40.0. The van der Waals surface area contributed by atoms with Gasteiger partial charge in [0.2, 0.25) is 0 Å². The van der Waals surface area contributed by atoms with Crippen LogP contribution in [0, 0.1) is 27.7 Å². The quantitative estimate of drug-likeness (QED) is 0.128. The molecule has 2 saturated carbocycles. The van der Waals surface area contributed by atoms with Crippen LogP contribution in [0.1, 0.15) is 91.9 Å². The van der Waals surface area contributed by atoms with E-state index >= 15 is 0 Å². The second kappa shape index (κ2) is 19.1. The first-order chi connectivity index (χ1) is 22.0. The SMILES string of the molecule is Cc1ccc(-c2cccc3[cH-]c(C4CCCC4)cc23)cc1.Cc1ccc(-c2cccc3[cH-]c(C4CCCC4)cc23)cc1.[CH2-]C[CH2-].[Cl-].[Cl-].[Hf]. The number of rotatable bonds is 4. The zero-order valence-electron chi connectivity index (χ0n) is 28.6. The standard InChI is InChI=1S/2C21H21.C3H6.2ClH.Hf/c2*1-15-9-11-17(12-10-15)20-8-4-7-18-13-19(14-21(18)20)16-5-2-3-6-16;1-3-2;;;/h2*4,7-14,16H,2-3,5-6H2,1H3;1-3H2;2*1H;/q2*-1;-2;;;/p-2. The molecule has 2 fully saturated rings. The van der Waals surface area contributed by atoms with E-state index in [0.29, 0.717) is 0 Å². The molecule has 6 aromatic carbocycles. The Morgan fingerprint density at radius 3 is 1.21 bits per heavy atom. The first-order valence-corrected chi connectivity index (χ1v) is 17.2. The van der Waals surface area contributed by atoms with Gasteiger partial charge in [0.05, 0.1) is 0 Å². The molecule has 0 saturated heterocycles. The minimum absolute atomic E-state index is 0. The maximum absolute atomic E-state index is 3.38. The van der Waals surface area contributed by atoms with Crippen molar-refractivity contribution in [2.45, 2.75) is 83.5 Å². The number of hydrogen-bond acceptors (Lipinski definition) is 0. The third-order valence-electron chi connectivity index (χ3n) is 9.92. The molecular formula is C45H48Cl2Hf-6. The van der Waals surface area contributed by atoms with Crippen molar-refractivity contribution in [3.05, 3.63) is 145 Å². The summed E-state index contributed by atoms with van der Waals surface area (Å²) in [6.07, 6.45) is 11.8. The molecule has 0 aromatic heterocycles. The van der Waals surface area contributed by atoms with Gasteiger partial charge in [0.1, 0.15) is 0 Å². The maximum atomic E-state index is 3.38. The van der Waals surface area contributed by atoms with Crippen molar-refractivity contribution in [2.75, 3.05) is 0 Å². The van der Waals surface area contributed by atoms with E-state index in [9.17, 15) is 0 Å². The first-order valence-electron chi connectivity index (χ1n) is 17.2. The van der Waals surface area contributed by atoms with Crippen molar-refractivity contribution >= 4 is 21.5 Å². The fourth-order valence-electron chi connectivity index (χ4n) is 7.48. The molecule has 3 heteroatoms. The second-order valence-corrected chi connectivity index (χ2v) is 13.2. The molecular weight excluding hydrogens is 790 g/mol. The monoisotopic (exact) mass is 838 g/mol. The topological polar surface area (TPSA) is 0 Å². The molecule has 0 N–H and O–H groups in total. The predicted octanol–water partition coefficient (Wildman–Crippen LogP) is 7.43. The zero-order chi connectivity index (χ0) is 31.2. The van der Waals surface area contributed by atoms with E-state index in [4.69, 9.17) is 0 Å². The molecule has 0 bridgehead atoms. The average molecular weight is 838 g/mol. The Morgan fingerprint density at radius 1 is 0.542 bits per heavy atom. The zero-order valence-corrected chi connectivity index (χ0v) is 33.7. The molecule has 0 aliphatic heterocycles. The smallest absolute Gasteiger partial charge is 0 e. The molecule has 48 heavy (non-hydrogen) atoms. The van der Waals surface area contributed by atoms with Gasteiger partial charge in [-0.15, -0.1) is 69.1 Å². The van der Waals surface area contributed by atoms with Crippen LogP contribution in [0.4, 0.5) is 0 Å². The summed E-state index contributed by atoms with van der Waals surface area (Å²) >= 11 is 0. The summed E-state index contributed by atoms with van der Waals surface area (Å²) in [6, 6.07) is 40.9. The number of fused-ring (bicyclic) bond motifs is 2. The van der Waals surface area contributed by atoms with Gasteiger partial charge in [-0.2, -0.15) is 12.1 Å². The Balaban J connectivity index is 0.000000228. The van der Waals surface area contributed by atoms with Crippen LogP contribution in [0.25, 0.3) is 43.8 Å². The van der Waals surface area contributed by atoms with Crippen molar-refractivity contribution in [2.24, 2.45) is 0 Å². The van der Waals surface area contributed by atoms with Gasteiger partial charge in [0.15, 0.2) is 0 Å². The van der Waals surface area contributed by atoms with Gasteiger partial charge in [0.25, 0.3) is 0 Å². The fourth-order valence-corrected chi connectivity index (χ4v) is 7.48. The summed E-state index contributed by atoms with van der Waals surface area (Å²) in [5.41, 5.74) is 11.2. The maximum Gasteiger partial charge on any atom is 0 e. The summed E-state index contributed by atoms with van der Waals surface area (Å²) in [4.78, 5) is 0. The van der Waals surface area contributed by atoms with Crippen LogP contribution in [0.2, 0.25) is 0 Å².